The van der Waals surface area contributed by atoms with Gasteiger partial charge in [0.1, 0.15) is 5.60 Å². The molecule has 1 aromatic heterocycles. The van der Waals surface area contributed by atoms with Gasteiger partial charge >= 0.3 is 6.09 Å². The van der Waals surface area contributed by atoms with Crippen LogP contribution < -0.4 is 0 Å². The van der Waals surface area contributed by atoms with E-state index in [1.54, 1.807) is 16.2 Å². The van der Waals surface area contributed by atoms with Crippen molar-refractivity contribution < 1.29 is 14.6 Å². The molecule has 1 fully saturated rings. The Bertz CT molecular complexity index is 748. The standard InChI is InChI=1S/C19H25NO3S/c1-13-12-19(22,8-9-20(13)17(21)23-18(2,3)4)15-5-6-16-14(11-15)7-10-24-16/h5-7,10-11,13,22H,8-9,12H2,1-4H3. The quantitative estimate of drug-likeness (QED) is 0.826. The molecule has 5 heteroatoms. The molecule has 0 spiro atoms. The van der Waals surface area contributed by atoms with Crippen LogP contribution in [0.5, 0.6) is 0 Å². The van der Waals surface area contributed by atoms with Gasteiger partial charge in [0.25, 0.3) is 0 Å². The highest BCUT2D eigenvalue weighted by Crippen LogP contribution is 2.38. The van der Waals surface area contributed by atoms with Gasteiger partial charge in [-0.05, 0) is 68.6 Å². The van der Waals surface area contributed by atoms with Crippen LogP contribution in [0.3, 0.4) is 0 Å². The highest BCUT2D eigenvalue weighted by molar-refractivity contribution is 7.17. The van der Waals surface area contributed by atoms with Crippen LogP contribution in [0.1, 0.15) is 46.1 Å². The second-order valence-corrected chi connectivity index (χ2v) is 8.63. The van der Waals surface area contributed by atoms with Gasteiger partial charge < -0.3 is 14.7 Å². The number of likely N-dealkylation sites (tertiary alicyclic amines) is 1. The summed E-state index contributed by atoms with van der Waals surface area (Å²) in [5.74, 6) is 0. The number of nitrogens with zero attached hydrogens (tertiary/aromatic N) is 1. The lowest BCUT2D eigenvalue weighted by Crippen LogP contribution is -2.51. The molecule has 0 saturated carbocycles. The van der Waals surface area contributed by atoms with Gasteiger partial charge in [-0.1, -0.05) is 6.07 Å². The van der Waals surface area contributed by atoms with Crippen LogP contribution in [-0.4, -0.2) is 34.3 Å². The SMILES string of the molecule is CC1CC(O)(c2ccc3sccc3c2)CCN1C(=O)OC(C)(C)C. The summed E-state index contributed by atoms with van der Waals surface area (Å²) in [6, 6.07) is 8.15. The topological polar surface area (TPSA) is 49.8 Å². The largest absolute Gasteiger partial charge is 0.444 e. The molecule has 3 rings (SSSR count). The lowest BCUT2D eigenvalue weighted by molar-refractivity contribution is -0.0545. The van der Waals surface area contributed by atoms with Crippen molar-refractivity contribution in [1.82, 2.24) is 4.90 Å². The molecular formula is C19H25NO3S. The number of thiophene rings is 1. The number of carbonyl (C=O) groups excluding carboxylic acids is 1. The average Bonchev–Trinajstić information content (AvgIpc) is 2.92. The minimum atomic E-state index is -0.895. The van der Waals surface area contributed by atoms with E-state index in [0.717, 1.165) is 10.9 Å². The summed E-state index contributed by atoms with van der Waals surface area (Å²) in [5.41, 5.74) is -0.466. The lowest BCUT2D eigenvalue weighted by Gasteiger charge is -2.43. The van der Waals surface area contributed by atoms with Crippen molar-refractivity contribution in [2.24, 2.45) is 0 Å². The van der Waals surface area contributed by atoms with E-state index in [0.29, 0.717) is 19.4 Å². The Morgan fingerprint density at radius 2 is 2.12 bits per heavy atom. The molecule has 1 aliphatic rings. The smallest absolute Gasteiger partial charge is 0.410 e. The van der Waals surface area contributed by atoms with E-state index in [1.165, 1.54) is 4.70 Å². The summed E-state index contributed by atoms with van der Waals surface area (Å²) in [4.78, 5) is 14.1. The Labute approximate surface area is 147 Å². The monoisotopic (exact) mass is 347 g/mol. The number of amides is 1. The normalized spacial score (nSPS) is 25.0. The zero-order chi connectivity index (χ0) is 17.5. The van der Waals surface area contributed by atoms with E-state index in [1.807, 2.05) is 33.8 Å². The summed E-state index contributed by atoms with van der Waals surface area (Å²) in [7, 11) is 0. The molecule has 1 N–H and O–H groups in total. The van der Waals surface area contributed by atoms with Gasteiger partial charge in [0.15, 0.2) is 0 Å². The molecule has 0 aliphatic carbocycles. The number of hydrogen-bond donors (Lipinski definition) is 1. The van der Waals surface area contributed by atoms with Gasteiger partial charge in [0.05, 0.1) is 5.60 Å². The summed E-state index contributed by atoms with van der Waals surface area (Å²) in [6.07, 6.45) is 0.735. The molecule has 0 bridgehead atoms. The van der Waals surface area contributed by atoms with E-state index in [2.05, 4.69) is 23.6 Å². The number of rotatable bonds is 1. The van der Waals surface area contributed by atoms with Crippen LogP contribution in [0, 0.1) is 0 Å². The Morgan fingerprint density at radius 1 is 1.38 bits per heavy atom. The van der Waals surface area contributed by atoms with Crippen LogP contribution in [-0.2, 0) is 10.3 Å². The number of piperidine rings is 1. The molecule has 1 saturated heterocycles. The molecular weight excluding hydrogens is 322 g/mol. The summed E-state index contributed by atoms with van der Waals surface area (Å²) >= 11 is 1.70. The number of aliphatic hydroxyl groups is 1. The molecule has 0 radical (unpaired) electrons. The van der Waals surface area contributed by atoms with Crippen LogP contribution in [0.2, 0.25) is 0 Å². The first kappa shape index (κ1) is 17.2. The number of ether oxygens (including phenoxy) is 1. The van der Waals surface area contributed by atoms with E-state index in [4.69, 9.17) is 4.74 Å². The van der Waals surface area contributed by atoms with Crippen molar-refractivity contribution in [3.8, 4) is 0 Å². The molecule has 4 nitrogen and oxygen atoms in total. The fourth-order valence-electron chi connectivity index (χ4n) is 3.34. The first-order chi connectivity index (χ1) is 11.2. The number of fused-ring (bicyclic) bond motifs is 1. The fraction of sp³-hybridized carbons (Fsp3) is 0.526. The molecule has 1 aliphatic heterocycles. The highest BCUT2D eigenvalue weighted by atomic mass is 32.1. The zero-order valence-electron chi connectivity index (χ0n) is 14.7. The molecule has 2 heterocycles. The summed E-state index contributed by atoms with van der Waals surface area (Å²) in [6.45, 7) is 8.06. The maximum absolute atomic E-state index is 12.3. The molecule has 1 aromatic carbocycles. The average molecular weight is 347 g/mol. The highest BCUT2D eigenvalue weighted by Gasteiger charge is 2.40. The van der Waals surface area contributed by atoms with E-state index < -0.39 is 11.2 Å². The predicted octanol–water partition coefficient (Wildman–Crippen LogP) is 4.51. The van der Waals surface area contributed by atoms with Crippen molar-refractivity contribution in [2.75, 3.05) is 6.54 Å². The Balaban J connectivity index is 1.77. The molecule has 130 valence electrons. The molecule has 1 amide bonds. The van der Waals surface area contributed by atoms with Crippen molar-refractivity contribution in [3.05, 3.63) is 35.2 Å². The first-order valence-corrected chi connectivity index (χ1v) is 9.26. The summed E-state index contributed by atoms with van der Waals surface area (Å²) < 4.78 is 6.70. The third-order valence-electron chi connectivity index (χ3n) is 4.55. The lowest BCUT2D eigenvalue weighted by atomic mass is 9.81. The molecule has 2 aromatic rings. The number of hydrogen-bond acceptors (Lipinski definition) is 4. The fourth-order valence-corrected chi connectivity index (χ4v) is 4.11. The molecule has 2 atom stereocenters. The maximum Gasteiger partial charge on any atom is 0.410 e. The number of carbonyl (C=O) groups is 1. The van der Waals surface area contributed by atoms with Crippen LogP contribution in [0.25, 0.3) is 10.1 Å². The van der Waals surface area contributed by atoms with Gasteiger partial charge in [-0.3, -0.25) is 0 Å². The maximum atomic E-state index is 12.3. The number of benzene rings is 1. The molecule has 2 unspecified atom stereocenters. The minimum Gasteiger partial charge on any atom is -0.444 e. The third-order valence-corrected chi connectivity index (χ3v) is 5.45. The predicted molar refractivity (Wildman–Crippen MR) is 97.4 cm³/mol. The van der Waals surface area contributed by atoms with Gasteiger partial charge in [0.2, 0.25) is 0 Å². The van der Waals surface area contributed by atoms with E-state index in [9.17, 15) is 9.90 Å². The van der Waals surface area contributed by atoms with Crippen molar-refractivity contribution >= 4 is 27.5 Å². The Morgan fingerprint density at radius 3 is 2.79 bits per heavy atom. The Hall–Kier alpha value is -1.59. The molecule has 24 heavy (non-hydrogen) atoms. The van der Waals surface area contributed by atoms with Crippen LogP contribution >= 0.6 is 11.3 Å². The second kappa shape index (κ2) is 6.05. The van der Waals surface area contributed by atoms with Gasteiger partial charge in [0, 0.05) is 23.7 Å². The second-order valence-electron chi connectivity index (χ2n) is 7.68. The zero-order valence-corrected chi connectivity index (χ0v) is 15.5. The van der Waals surface area contributed by atoms with Crippen molar-refractivity contribution in [3.63, 3.8) is 0 Å². The van der Waals surface area contributed by atoms with Crippen molar-refractivity contribution in [2.45, 2.75) is 57.8 Å². The van der Waals surface area contributed by atoms with Gasteiger partial charge in [-0.2, -0.15) is 0 Å². The van der Waals surface area contributed by atoms with Crippen LogP contribution in [0.4, 0.5) is 4.79 Å². The Kier molecular flexibility index (Phi) is 4.34. The van der Waals surface area contributed by atoms with E-state index >= 15 is 0 Å². The van der Waals surface area contributed by atoms with Crippen molar-refractivity contribution in [1.29, 1.82) is 0 Å². The first-order valence-electron chi connectivity index (χ1n) is 8.38. The third kappa shape index (κ3) is 3.42. The van der Waals surface area contributed by atoms with E-state index in [-0.39, 0.29) is 12.1 Å². The minimum absolute atomic E-state index is 0.0724. The summed E-state index contributed by atoms with van der Waals surface area (Å²) in [5, 5.41) is 14.4. The van der Waals surface area contributed by atoms with Gasteiger partial charge in [-0.25, -0.2) is 4.79 Å². The van der Waals surface area contributed by atoms with Gasteiger partial charge in [-0.15, -0.1) is 11.3 Å². The van der Waals surface area contributed by atoms with Crippen LogP contribution in [0.15, 0.2) is 29.6 Å².